The fourth-order valence-corrected chi connectivity index (χ4v) is 2.26. The Morgan fingerprint density at radius 3 is 2.94 bits per heavy atom. The van der Waals surface area contributed by atoms with E-state index in [1.165, 1.54) is 6.07 Å². The Morgan fingerprint density at radius 2 is 2.22 bits per heavy atom. The molecule has 2 atom stereocenters. The van der Waals surface area contributed by atoms with E-state index in [1.54, 1.807) is 0 Å². The predicted octanol–water partition coefficient (Wildman–Crippen LogP) is 2.79. The van der Waals surface area contributed by atoms with E-state index < -0.39 is 5.82 Å². The molecule has 1 heterocycles. The first kappa shape index (κ1) is 13.7. The van der Waals surface area contributed by atoms with Gasteiger partial charge in [-0.3, -0.25) is 4.90 Å². The van der Waals surface area contributed by atoms with Crippen molar-refractivity contribution in [1.82, 2.24) is 4.90 Å². The molecule has 2 rings (SSSR count). The molecule has 100 valence electrons. The molecule has 5 heteroatoms. The zero-order valence-corrected chi connectivity index (χ0v) is 11.0. The maximum Gasteiger partial charge on any atom is 0.127 e. The van der Waals surface area contributed by atoms with E-state index in [0.717, 1.165) is 12.1 Å². The number of alkyl halides is 1. The molecule has 0 saturated carbocycles. The molecule has 0 radical (unpaired) electrons. The van der Waals surface area contributed by atoms with E-state index in [9.17, 15) is 8.78 Å². The number of morpholine rings is 1. The summed E-state index contributed by atoms with van der Waals surface area (Å²) in [6.07, 6.45) is -0.0421. The Kier molecular flexibility index (Phi) is 4.54. The minimum atomic E-state index is -0.416. The van der Waals surface area contributed by atoms with Gasteiger partial charge in [-0.15, -0.1) is 11.6 Å². The molecule has 0 N–H and O–H groups in total. The number of hydrogen-bond donors (Lipinski definition) is 0. The number of nitrogens with zero attached hydrogens (tertiary/aromatic N) is 1. The highest BCUT2D eigenvalue weighted by Crippen LogP contribution is 2.18. The van der Waals surface area contributed by atoms with Crippen molar-refractivity contribution in [2.75, 3.05) is 19.0 Å². The Bertz CT molecular complexity index is 416. The van der Waals surface area contributed by atoms with Crippen LogP contribution >= 0.6 is 11.6 Å². The van der Waals surface area contributed by atoms with Crippen molar-refractivity contribution < 1.29 is 13.5 Å². The first-order valence-electron chi connectivity index (χ1n) is 5.95. The minimum absolute atomic E-state index is 0.0421. The molecule has 18 heavy (non-hydrogen) atoms. The van der Waals surface area contributed by atoms with Crippen LogP contribution in [0, 0.1) is 11.6 Å². The third-order valence-corrected chi connectivity index (χ3v) is 3.53. The number of ether oxygens (including phenoxy) is 1. The lowest BCUT2D eigenvalue weighted by Gasteiger charge is -2.37. The fraction of sp³-hybridized carbons (Fsp3) is 0.538. The standard InChI is InChI=1S/C13H16ClF2NO/c1-9-8-18-12(5-14)7-17(9)6-10-4-11(15)2-3-13(10)16/h2-4,9,12H,5-8H2,1H3. The minimum Gasteiger partial charge on any atom is -0.374 e. The van der Waals surface area contributed by atoms with Crippen LogP contribution in [-0.2, 0) is 11.3 Å². The first-order valence-corrected chi connectivity index (χ1v) is 6.49. The summed E-state index contributed by atoms with van der Waals surface area (Å²) in [4.78, 5) is 2.06. The quantitative estimate of drug-likeness (QED) is 0.787. The van der Waals surface area contributed by atoms with Crippen molar-refractivity contribution in [3.05, 3.63) is 35.4 Å². The molecular weight excluding hydrogens is 260 g/mol. The normalized spacial score (nSPS) is 25.3. The van der Waals surface area contributed by atoms with Gasteiger partial charge in [-0.1, -0.05) is 0 Å². The molecule has 0 spiro atoms. The van der Waals surface area contributed by atoms with Gasteiger partial charge in [0.25, 0.3) is 0 Å². The van der Waals surface area contributed by atoms with Crippen LogP contribution in [0.4, 0.5) is 8.78 Å². The smallest absolute Gasteiger partial charge is 0.127 e. The summed E-state index contributed by atoms with van der Waals surface area (Å²) in [5.74, 6) is -0.381. The molecule has 1 saturated heterocycles. The lowest BCUT2D eigenvalue weighted by Crippen LogP contribution is -2.48. The van der Waals surface area contributed by atoms with Crippen LogP contribution in [0.1, 0.15) is 12.5 Å². The van der Waals surface area contributed by atoms with E-state index in [-0.39, 0.29) is 18.0 Å². The van der Waals surface area contributed by atoms with Crippen LogP contribution in [0.2, 0.25) is 0 Å². The third kappa shape index (κ3) is 3.19. The van der Waals surface area contributed by atoms with Gasteiger partial charge in [0.1, 0.15) is 11.6 Å². The molecule has 0 bridgehead atoms. The van der Waals surface area contributed by atoms with Crippen LogP contribution < -0.4 is 0 Å². The number of halogens is 3. The van der Waals surface area contributed by atoms with Crippen molar-refractivity contribution in [1.29, 1.82) is 0 Å². The molecule has 1 aromatic carbocycles. The summed E-state index contributed by atoms with van der Waals surface area (Å²) < 4.78 is 32.2. The topological polar surface area (TPSA) is 12.5 Å². The van der Waals surface area contributed by atoms with Gasteiger partial charge in [0.2, 0.25) is 0 Å². The molecule has 1 fully saturated rings. The largest absolute Gasteiger partial charge is 0.374 e. The Balaban J connectivity index is 2.09. The highest BCUT2D eigenvalue weighted by Gasteiger charge is 2.26. The summed E-state index contributed by atoms with van der Waals surface area (Å²) in [6, 6.07) is 3.71. The van der Waals surface area contributed by atoms with Gasteiger partial charge in [-0.2, -0.15) is 0 Å². The van der Waals surface area contributed by atoms with Gasteiger partial charge in [-0.25, -0.2) is 8.78 Å². The van der Waals surface area contributed by atoms with Crippen LogP contribution in [-0.4, -0.2) is 36.1 Å². The van der Waals surface area contributed by atoms with Gasteiger partial charge in [0.15, 0.2) is 0 Å². The summed E-state index contributed by atoms with van der Waals surface area (Å²) >= 11 is 5.77. The zero-order chi connectivity index (χ0) is 13.1. The Morgan fingerprint density at radius 1 is 1.44 bits per heavy atom. The van der Waals surface area contributed by atoms with Gasteiger partial charge < -0.3 is 4.74 Å². The van der Waals surface area contributed by atoms with Crippen LogP contribution in [0.25, 0.3) is 0 Å². The average Bonchev–Trinajstić information content (AvgIpc) is 2.36. The fourth-order valence-electron chi connectivity index (χ4n) is 2.07. The van der Waals surface area contributed by atoms with E-state index >= 15 is 0 Å². The molecule has 1 aliphatic heterocycles. The molecule has 2 unspecified atom stereocenters. The van der Waals surface area contributed by atoms with Gasteiger partial charge >= 0.3 is 0 Å². The molecule has 1 aliphatic rings. The first-order chi connectivity index (χ1) is 8.60. The summed E-state index contributed by atoms with van der Waals surface area (Å²) in [5, 5.41) is 0. The number of hydrogen-bond acceptors (Lipinski definition) is 2. The van der Waals surface area contributed by atoms with Crippen molar-refractivity contribution in [2.24, 2.45) is 0 Å². The van der Waals surface area contributed by atoms with Gasteiger partial charge in [0.05, 0.1) is 12.7 Å². The molecule has 2 nitrogen and oxygen atoms in total. The second-order valence-electron chi connectivity index (χ2n) is 4.62. The SMILES string of the molecule is CC1COC(CCl)CN1Cc1cc(F)ccc1F. The lowest BCUT2D eigenvalue weighted by molar-refractivity contribution is -0.0514. The Labute approximate surface area is 110 Å². The van der Waals surface area contributed by atoms with E-state index in [1.807, 2.05) is 6.92 Å². The lowest BCUT2D eigenvalue weighted by atomic mass is 10.1. The average molecular weight is 276 g/mol. The maximum absolute atomic E-state index is 13.6. The zero-order valence-electron chi connectivity index (χ0n) is 10.2. The van der Waals surface area contributed by atoms with Crippen LogP contribution in [0.15, 0.2) is 18.2 Å². The molecule has 0 amide bonds. The predicted molar refractivity (Wildman–Crippen MR) is 66.7 cm³/mol. The number of rotatable bonds is 3. The molecule has 0 aliphatic carbocycles. The van der Waals surface area contributed by atoms with Gasteiger partial charge in [-0.05, 0) is 25.1 Å². The van der Waals surface area contributed by atoms with Gasteiger partial charge in [0, 0.05) is 30.6 Å². The van der Waals surface area contributed by atoms with Crippen LogP contribution in [0.5, 0.6) is 0 Å². The van der Waals surface area contributed by atoms with E-state index in [2.05, 4.69) is 4.90 Å². The van der Waals surface area contributed by atoms with E-state index in [0.29, 0.717) is 31.1 Å². The highest BCUT2D eigenvalue weighted by molar-refractivity contribution is 6.18. The third-order valence-electron chi connectivity index (χ3n) is 3.19. The summed E-state index contributed by atoms with van der Waals surface area (Å²) in [6.45, 7) is 3.58. The highest BCUT2D eigenvalue weighted by atomic mass is 35.5. The van der Waals surface area contributed by atoms with E-state index in [4.69, 9.17) is 16.3 Å². The second kappa shape index (κ2) is 5.95. The second-order valence-corrected chi connectivity index (χ2v) is 4.93. The van der Waals surface area contributed by atoms with Crippen molar-refractivity contribution in [2.45, 2.75) is 25.6 Å². The summed E-state index contributed by atoms with van der Waals surface area (Å²) in [5.41, 5.74) is 0.372. The maximum atomic E-state index is 13.6. The van der Waals surface area contributed by atoms with Crippen molar-refractivity contribution in [3.8, 4) is 0 Å². The Hall–Kier alpha value is -0.710. The van der Waals surface area contributed by atoms with Crippen LogP contribution in [0.3, 0.4) is 0 Å². The van der Waals surface area contributed by atoms with Crippen molar-refractivity contribution in [3.63, 3.8) is 0 Å². The van der Waals surface area contributed by atoms with Crippen molar-refractivity contribution >= 4 is 11.6 Å². The summed E-state index contributed by atoms with van der Waals surface area (Å²) in [7, 11) is 0. The molecule has 0 aromatic heterocycles. The monoisotopic (exact) mass is 275 g/mol. The molecular formula is C13H16ClF2NO. The molecule has 1 aromatic rings. The number of benzene rings is 1.